The summed E-state index contributed by atoms with van der Waals surface area (Å²) in [5, 5.41) is 49.3. The van der Waals surface area contributed by atoms with Crippen molar-refractivity contribution in [2.75, 3.05) is 13.2 Å². The molecule has 1 spiro atoms. The second-order valence-corrected chi connectivity index (χ2v) is 12.6. The second kappa shape index (κ2) is 14.9. The molecule has 0 radical (unpaired) electrons. The molecule has 8 atom stereocenters. The lowest BCUT2D eigenvalue weighted by Crippen LogP contribution is -2.45. The summed E-state index contributed by atoms with van der Waals surface area (Å²) in [5.74, 6) is -2.29. The average molecular weight is 567 g/mol. The zero-order valence-corrected chi connectivity index (χ0v) is 24.0. The number of fused-ring (bicyclic) bond motifs is 1. The number of carboxylic acid groups (broad SMARTS) is 1. The number of hydrogen-bond donors (Lipinski definition) is 5. The number of aldehydes is 1. The van der Waals surface area contributed by atoms with Crippen LogP contribution in [0.4, 0.5) is 0 Å². The summed E-state index contributed by atoms with van der Waals surface area (Å²) in [6, 6.07) is 0. The highest BCUT2D eigenvalue weighted by Gasteiger charge is 2.71. The smallest absolute Gasteiger partial charge is 0.331 e. The molecule has 0 aromatic rings. The van der Waals surface area contributed by atoms with Gasteiger partial charge in [-0.3, -0.25) is 4.79 Å². The molecule has 9 nitrogen and oxygen atoms in total. The molecule has 40 heavy (non-hydrogen) atoms. The van der Waals surface area contributed by atoms with E-state index in [2.05, 4.69) is 0 Å². The quantitative estimate of drug-likeness (QED) is 0.0894. The van der Waals surface area contributed by atoms with E-state index in [1.165, 1.54) is 0 Å². The maximum absolute atomic E-state index is 12.9. The van der Waals surface area contributed by atoms with E-state index in [9.17, 15) is 34.8 Å². The fraction of sp³-hybridized carbons (Fsp3) is 0.839. The summed E-state index contributed by atoms with van der Waals surface area (Å²) in [6.07, 6.45) is 10.8. The predicted molar refractivity (Wildman–Crippen MR) is 148 cm³/mol. The summed E-state index contributed by atoms with van der Waals surface area (Å²) in [5.41, 5.74) is -1.16. The standard InChI is InChI=1S/C31H50O9/c1-30(20-34)23-18-31(21(19-33)14-15-26(30)31)27(17-22(23)29(38)39)40-28(37)13-9-4-2-3-7-11-24(35)25(36)12-8-5-6-10-16-32/h17,19,21,23-27,32,34-36H,2-16,18,20H2,1H3,(H,38,39)/t21-,23+,24-,25-,26+,27+,30-,31-/m1/s1. The minimum Gasteiger partial charge on any atom is -0.478 e. The van der Waals surface area contributed by atoms with E-state index in [0.717, 1.165) is 57.7 Å². The van der Waals surface area contributed by atoms with Crippen molar-refractivity contribution in [1.29, 1.82) is 0 Å². The molecule has 9 heteroatoms. The number of hydrogen-bond acceptors (Lipinski definition) is 8. The van der Waals surface area contributed by atoms with Crippen molar-refractivity contribution < 1.29 is 44.7 Å². The van der Waals surface area contributed by atoms with Crippen LogP contribution in [0.3, 0.4) is 0 Å². The minimum absolute atomic E-state index is 0.101. The van der Waals surface area contributed by atoms with Crippen molar-refractivity contribution in [3.63, 3.8) is 0 Å². The highest BCUT2D eigenvalue weighted by atomic mass is 16.5. The Kier molecular flexibility index (Phi) is 12.2. The molecule has 0 aliphatic heterocycles. The molecule has 0 amide bonds. The summed E-state index contributed by atoms with van der Waals surface area (Å²) in [7, 11) is 0. The molecule has 2 saturated carbocycles. The Morgan fingerprint density at radius 2 is 1.57 bits per heavy atom. The average Bonchev–Trinajstić information content (AvgIpc) is 3.40. The normalized spacial score (nSPS) is 32.3. The van der Waals surface area contributed by atoms with E-state index in [4.69, 9.17) is 9.84 Å². The topological polar surface area (TPSA) is 162 Å². The number of unbranched alkanes of at least 4 members (excludes halogenated alkanes) is 7. The van der Waals surface area contributed by atoms with Crippen molar-refractivity contribution in [1.82, 2.24) is 0 Å². The molecule has 0 saturated heterocycles. The number of aliphatic hydroxyl groups excluding tert-OH is 4. The molecule has 0 aromatic heterocycles. The van der Waals surface area contributed by atoms with Crippen LogP contribution >= 0.6 is 0 Å². The van der Waals surface area contributed by atoms with E-state index in [1.807, 2.05) is 6.92 Å². The Morgan fingerprint density at radius 1 is 0.975 bits per heavy atom. The SMILES string of the molecule is C[C@@]1(CO)[C@H]2C[C@@]3([C@@H](OC(=O)CCCCCCC[C@@H](O)[C@H](O)CCCCCCO)C=C2C(=O)O)[C@@H](C=O)CC[C@@H]13. The molecular formula is C31H50O9. The molecule has 0 heterocycles. The van der Waals surface area contributed by atoms with E-state index >= 15 is 0 Å². The minimum atomic E-state index is -1.07. The van der Waals surface area contributed by atoms with Crippen LogP contribution in [0.2, 0.25) is 0 Å². The molecule has 0 unspecified atom stereocenters. The van der Waals surface area contributed by atoms with Gasteiger partial charge in [-0.1, -0.05) is 51.9 Å². The first-order valence-corrected chi connectivity index (χ1v) is 15.3. The molecule has 0 aromatic carbocycles. The number of rotatable bonds is 19. The predicted octanol–water partition coefficient (Wildman–Crippen LogP) is 3.55. The first-order chi connectivity index (χ1) is 19.1. The largest absolute Gasteiger partial charge is 0.478 e. The van der Waals surface area contributed by atoms with E-state index in [1.54, 1.807) is 6.08 Å². The summed E-state index contributed by atoms with van der Waals surface area (Å²) < 4.78 is 5.92. The van der Waals surface area contributed by atoms with Crippen LogP contribution in [0.25, 0.3) is 0 Å². The van der Waals surface area contributed by atoms with E-state index in [-0.39, 0.29) is 43.0 Å². The van der Waals surface area contributed by atoms with Crippen LogP contribution in [-0.4, -0.2) is 75.3 Å². The van der Waals surface area contributed by atoms with Crippen molar-refractivity contribution in [2.45, 2.75) is 122 Å². The Morgan fingerprint density at radius 3 is 2.15 bits per heavy atom. The molecule has 2 fully saturated rings. The number of ether oxygens (including phenoxy) is 1. The Labute approximate surface area is 238 Å². The zero-order valence-electron chi connectivity index (χ0n) is 24.0. The zero-order chi connectivity index (χ0) is 29.3. The molecule has 3 aliphatic carbocycles. The van der Waals surface area contributed by atoms with Gasteiger partial charge in [0, 0.05) is 42.0 Å². The van der Waals surface area contributed by atoms with Crippen molar-refractivity contribution in [3.05, 3.63) is 11.6 Å². The highest BCUT2D eigenvalue weighted by molar-refractivity contribution is 5.88. The van der Waals surface area contributed by atoms with E-state index in [0.29, 0.717) is 38.5 Å². The van der Waals surface area contributed by atoms with Gasteiger partial charge in [-0.15, -0.1) is 0 Å². The van der Waals surface area contributed by atoms with Gasteiger partial charge in [0.2, 0.25) is 0 Å². The second-order valence-electron chi connectivity index (χ2n) is 12.6. The highest BCUT2D eigenvalue weighted by Crippen LogP contribution is 2.71. The summed E-state index contributed by atoms with van der Waals surface area (Å²) >= 11 is 0. The van der Waals surface area contributed by atoms with Crippen LogP contribution in [-0.2, 0) is 19.1 Å². The maximum Gasteiger partial charge on any atom is 0.331 e. The van der Waals surface area contributed by atoms with Crippen LogP contribution in [0.15, 0.2) is 11.6 Å². The first kappa shape index (κ1) is 32.7. The Bertz CT molecular complexity index is 888. The summed E-state index contributed by atoms with van der Waals surface area (Å²) in [4.78, 5) is 37.0. The van der Waals surface area contributed by atoms with Gasteiger partial charge in [0.15, 0.2) is 0 Å². The number of carboxylic acids is 1. The van der Waals surface area contributed by atoms with E-state index < -0.39 is 41.1 Å². The molecule has 3 aliphatic rings. The van der Waals surface area contributed by atoms with Crippen molar-refractivity contribution in [2.24, 2.45) is 28.6 Å². The molecule has 5 N–H and O–H groups in total. The van der Waals surface area contributed by atoms with Gasteiger partial charge in [0.25, 0.3) is 0 Å². The Balaban J connectivity index is 1.43. The lowest BCUT2D eigenvalue weighted by atomic mass is 9.66. The lowest BCUT2D eigenvalue weighted by Gasteiger charge is -2.42. The number of carbonyl (C=O) groups is 3. The molecule has 3 rings (SSSR count). The van der Waals surface area contributed by atoms with Crippen molar-refractivity contribution >= 4 is 18.2 Å². The third kappa shape index (κ3) is 6.97. The number of aliphatic hydroxyl groups is 4. The fourth-order valence-electron chi connectivity index (χ4n) is 7.97. The van der Waals surface area contributed by atoms with Gasteiger partial charge >= 0.3 is 11.9 Å². The van der Waals surface area contributed by atoms with Gasteiger partial charge in [-0.25, -0.2) is 4.79 Å². The Hall–Kier alpha value is -1.81. The third-order valence-electron chi connectivity index (χ3n) is 10.2. The number of aliphatic carboxylic acids is 1. The van der Waals surface area contributed by atoms with Gasteiger partial charge in [-0.05, 0) is 62.9 Å². The van der Waals surface area contributed by atoms with Crippen LogP contribution in [0.5, 0.6) is 0 Å². The van der Waals surface area contributed by atoms with Crippen LogP contribution in [0, 0.1) is 28.6 Å². The van der Waals surface area contributed by atoms with Gasteiger partial charge < -0.3 is 35.1 Å². The lowest BCUT2D eigenvalue weighted by molar-refractivity contribution is -0.158. The van der Waals surface area contributed by atoms with Crippen molar-refractivity contribution in [3.8, 4) is 0 Å². The number of esters is 1. The molecule has 2 bridgehead atoms. The van der Waals surface area contributed by atoms with Gasteiger partial charge in [-0.2, -0.15) is 0 Å². The third-order valence-corrected chi connectivity index (χ3v) is 10.2. The van der Waals surface area contributed by atoms with Crippen LogP contribution in [0.1, 0.15) is 103 Å². The monoisotopic (exact) mass is 566 g/mol. The fourth-order valence-corrected chi connectivity index (χ4v) is 7.97. The first-order valence-electron chi connectivity index (χ1n) is 15.3. The van der Waals surface area contributed by atoms with Gasteiger partial charge in [0.1, 0.15) is 12.4 Å². The van der Waals surface area contributed by atoms with Gasteiger partial charge in [0.05, 0.1) is 12.2 Å². The maximum atomic E-state index is 12.9. The molecule has 228 valence electrons. The van der Waals surface area contributed by atoms with Crippen LogP contribution < -0.4 is 0 Å². The summed E-state index contributed by atoms with van der Waals surface area (Å²) in [6.45, 7) is 1.91. The molecular weight excluding hydrogens is 516 g/mol. The number of carbonyl (C=O) groups excluding carboxylic acids is 2.